The lowest BCUT2D eigenvalue weighted by Crippen LogP contribution is -2.12. The molecular formula is C25H40O3. The Bertz CT molecular complexity index is 510. The molecule has 0 saturated carbocycles. The Balaban J connectivity index is 2.28. The van der Waals surface area contributed by atoms with Gasteiger partial charge in [0.2, 0.25) is 0 Å². The van der Waals surface area contributed by atoms with E-state index in [-0.39, 0.29) is 12.1 Å². The van der Waals surface area contributed by atoms with Gasteiger partial charge in [0.25, 0.3) is 0 Å². The third-order valence-corrected chi connectivity index (χ3v) is 4.90. The molecule has 1 atom stereocenters. The molecular weight excluding hydrogens is 348 g/mol. The molecule has 0 radical (unpaired) electrons. The Morgan fingerprint density at radius 2 is 1.57 bits per heavy atom. The second-order valence-corrected chi connectivity index (χ2v) is 7.43. The summed E-state index contributed by atoms with van der Waals surface area (Å²) in [5.41, 5.74) is 1.19. The van der Waals surface area contributed by atoms with Crippen LogP contribution < -0.4 is 0 Å². The van der Waals surface area contributed by atoms with Crippen LogP contribution >= 0.6 is 0 Å². The van der Waals surface area contributed by atoms with Gasteiger partial charge in [-0.15, -0.1) is 0 Å². The highest BCUT2D eigenvalue weighted by Gasteiger charge is 2.08. The van der Waals surface area contributed by atoms with Gasteiger partial charge in [-0.05, 0) is 25.3 Å². The van der Waals surface area contributed by atoms with Crippen molar-refractivity contribution in [3.05, 3.63) is 48.0 Å². The third kappa shape index (κ3) is 13.5. The molecule has 0 fully saturated rings. The van der Waals surface area contributed by atoms with Gasteiger partial charge >= 0.3 is 5.97 Å². The Hall–Kier alpha value is -1.61. The van der Waals surface area contributed by atoms with E-state index in [1.54, 1.807) is 0 Å². The van der Waals surface area contributed by atoms with Gasteiger partial charge in [0.1, 0.15) is 0 Å². The molecule has 28 heavy (non-hydrogen) atoms. The summed E-state index contributed by atoms with van der Waals surface area (Å²) in [5, 5.41) is 0. The first-order chi connectivity index (χ1) is 13.8. The molecule has 158 valence electrons. The molecule has 1 unspecified atom stereocenters. The summed E-state index contributed by atoms with van der Waals surface area (Å²) in [6.07, 6.45) is 17.3. The molecule has 3 nitrogen and oxygen atoms in total. The van der Waals surface area contributed by atoms with E-state index in [9.17, 15) is 4.79 Å². The van der Waals surface area contributed by atoms with E-state index in [1.165, 1.54) is 69.4 Å². The fourth-order valence-corrected chi connectivity index (χ4v) is 3.25. The number of rotatable bonds is 17. The van der Waals surface area contributed by atoms with Crippen molar-refractivity contribution < 1.29 is 14.3 Å². The first-order valence-electron chi connectivity index (χ1n) is 11.2. The number of unbranched alkanes of at least 4 members (excludes halogenated alkanes) is 8. The zero-order valence-corrected chi connectivity index (χ0v) is 18.0. The summed E-state index contributed by atoms with van der Waals surface area (Å²) >= 11 is 0. The third-order valence-electron chi connectivity index (χ3n) is 4.90. The molecule has 0 aliphatic rings. The molecule has 0 bridgehead atoms. The zero-order chi connectivity index (χ0) is 20.3. The van der Waals surface area contributed by atoms with Gasteiger partial charge < -0.3 is 9.47 Å². The van der Waals surface area contributed by atoms with Crippen LogP contribution in [0.5, 0.6) is 0 Å². The standard InChI is InChI=1S/C25H40O3/c1-3-5-6-7-8-9-10-11-15-19-24(20-16-21-25(26)27-4-2)28-22-23-17-13-12-14-18-23/h12-14,16-18,21,24H,3-11,15,19-20,22H2,1-2H3/b21-16+. The Kier molecular flexibility index (Phi) is 15.3. The van der Waals surface area contributed by atoms with Crippen LogP contribution in [-0.2, 0) is 20.9 Å². The van der Waals surface area contributed by atoms with Crippen molar-refractivity contribution in [2.75, 3.05) is 6.61 Å². The van der Waals surface area contributed by atoms with Gasteiger partial charge in [-0.1, -0.05) is 101 Å². The predicted molar refractivity (Wildman–Crippen MR) is 117 cm³/mol. The first kappa shape index (κ1) is 24.4. The maximum Gasteiger partial charge on any atom is 0.330 e. The van der Waals surface area contributed by atoms with Gasteiger partial charge in [0.05, 0.1) is 19.3 Å². The predicted octanol–water partition coefficient (Wildman–Crippen LogP) is 7.00. The highest BCUT2D eigenvalue weighted by Crippen LogP contribution is 2.16. The van der Waals surface area contributed by atoms with E-state index in [0.717, 1.165) is 12.8 Å². The maximum absolute atomic E-state index is 11.5. The molecule has 0 saturated heterocycles. The molecule has 0 aromatic heterocycles. The fourth-order valence-electron chi connectivity index (χ4n) is 3.25. The van der Waals surface area contributed by atoms with Gasteiger partial charge in [-0.3, -0.25) is 0 Å². The summed E-state index contributed by atoms with van der Waals surface area (Å²) in [4.78, 5) is 11.5. The van der Waals surface area contributed by atoms with E-state index in [1.807, 2.05) is 31.2 Å². The summed E-state index contributed by atoms with van der Waals surface area (Å²) in [6, 6.07) is 10.3. The molecule has 1 rings (SSSR count). The monoisotopic (exact) mass is 388 g/mol. The van der Waals surface area contributed by atoms with Crippen LogP contribution in [0.15, 0.2) is 42.5 Å². The average molecular weight is 389 g/mol. The van der Waals surface area contributed by atoms with E-state index < -0.39 is 0 Å². The number of carbonyl (C=O) groups is 1. The molecule has 0 aliphatic carbocycles. The largest absolute Gasteiger partial charge is 0.463 e. The molecule has 1 aromatic carbocycles. The van der Waals surface area contributed by atoms with Crippen LogP contribution in [0.1, 0.15) is 90.0 Å². The van der Waals surface area contributed by atoms with Gasteiger partial charge in [0.15, 0.2) is 0 Å². The normalized spacial score (nSPS) is 12.4. The average Bonchev–Trinajstić information content (AvgIpc) is 2.71. The van der Waals surface area contributed by atoms with Gasteiger partial charge in [-0.2, -0.15) is 0 Å². The van der Waals surface area contributed by atoms with Gasteiger partial charge in [-0.25, -0.2) is 4.79 Å². The summed E-state index contributed by atoms with van der Waals surface area (Å²) in [7, 11) is 0. The van der Waals surface area contributed by atoms with Crippen LogP contribution in [0.25, 0.3) is 0 Å². The number of hydrogen-bond acceptors (Lipinski definition) is 3. The van der Waals surface area contributed by atoms with Crippen molar-refractivity contribution in [1.82, 2.24) is 0 Å². The lowest BCUT2D eigenvalue weighted by Gasteiger charge is -2.16. The zero-order valence-electron chi connectivity index (χ0n) is 18.0. The van der Waals surface area contributed by atoms with Crippen molar-refractivity contribution in [3.8, 4) is 0 Å². The number of ether oxygens (including phenoxy) is 2. The summed E-state index contributed by atoms with van der Waals surface area (Å²) in [6.45, 7) is 5.12. The number of hydrogen-bond donors (Lipinski definition) is 0. The molecule has 0 amide bonds. The molecule has 1 aromatic rings. The lowest BCUT2D eigenvalue weighted by atomic mass is 10.0. The fraction of sp³-hybridized carbons (Fsp3) is 0.640. The second kappa shape index (κ2) is 17.5. The molecule has 3 heteroatoms. The highest BCUT2D eigenvalue weighted by molar-refractivity contribution is 5.81. The number of benzene rings is 1. The Labute approximate surface area is 172 Å². The molecule has 0 aliphatic heterocycles. The number of carbonyl (C=O) groups excluding carboxylic acids is 1. The second-order valence-electron chi connectivity index (χ2n) is 7.43. The molecule has 0 N–H and O–H groups in total. The summed E-state index contributed by atoms with van der Waals surface area (Å²) < 4.78 is 11.1. The topological polar surface area (TPSA) is 35.5 Å². The van der Waals surface area contributed by atoms with Gasteiger partial charge in [0, 0.05) is 6.08 Å². The Morgan fingerprint density at radius 3 is 2.21 bits per heavy atom. The Morgan fingerprint density at radius 1 is 0.929 bits per heavy atom. The smallest absolute Gasteiger partial charge is 0.330 e. The highest BCUT2D eigenvalue weighted by atomic mass is 16.5. The van der Waals surface area contributed by atoms with E-state index in [4.69, 9.17) is 9.47 Å². The minimum atomic E-state index is -0.271. The first-order valence-corrected chi connectivity index (χ1v) is 11.2. The van der Waals surface area contributed by atoms with E-state index in [2.05, 4.69) is 19.1 Å². The number of esters is 1. The lowest BCUT2D eigenvalue weighted by molar-refractivity contribution is -0.137. The molecule has 0 heterocycles. The van der Waals surface area contributed by atoms with E-state index in [0.29, 0.717) is 13.2 Å². The minimum absolute atomic E-state index is 0.149. The van der Waals surface area contributed by atoms with Crippen LogP contribution in [-0.4, -0.2) is 18.7 Å². The molecule has 0 spiro atoms. The van der Waals surface area contributed by atoms with Crippen LogP contribution in [0.2, 0.25) is 0 Å². The quantitative estimate of drug-likeness (QED) is 0.164. The van der Waals surface area contributed by atoms with Crippen molar-refractivity contribution in [1.29, 1.82) is 0 Å². The maximum atomic E-state index is 11.5. The van der Waals surface area contributed by atoms with Crippen molar-refractivity contribution in [2.24, 2.45) is 0 Å². The minimum Gasteiger partial charge on any atom is -0.463 e. The van der Waals surface area contributed by atoms with E-state index >= 15 is 0 Å². The summed E-state index contributed by atoms with van der Waals surface area (Å²) in [5.74, 6) is -0.271. The van der Waals surface area contributed by atoms with Crippen LogP contribution in [0.4, 0.5) is 0 Å². The SMILES string of the molecule is CCCCCCCCCCCC(C/C=C/C(=O)OCC)OCc1ccccc1. The van der Waals surface area contributed by atoms with Crippen molar-refractivity contribution in [3.63, 3.8) is 0 Å². The van der Waals surface area contributed by atoms with Crippen LogP contribution in [0, 0.1) is 0 Å². The van der Waals surface area contributed by atoms with Crippen molar-refractivity contribution in [2.45, 2.75) is 97.2 Å². The van der Waals surface area contributed by atoms with Crippen molar-refractivity contribution >= 4 is 5.97 Å². The van der Waals surface area contributed by atoms with Crippen LogP contribution in [0.3, 0.4) is 0 Å².